The van der Waals surface area contributed by atoms with Crippen LogP contribution in [0.3, 0.4) is 0 Å². The average Bonchev–Trinajstić information content (AvgIpc) is 3.22. The molecule has 0 atom stereocenters. The van der Waals surface area contributed by atoms with Crippen molar-refractivity contribution in [1.82, 2.24) is 19.8 Å². The Morgan fingerprint density at radius 3 is 2.84 bits per heavy atom. The monoisotopic (exact) mass is 561 g/mol. The lowest BCUT2D eigenvalue weighted by atomic mass is 10.0. The first-order valence-corrected chi connectivity index (χ1v) is 12.5. The van der Waals surface area contributed by atoms with Crippen LogP contribution in [0.4, 0.5) is 13.6 Å². The highest BCUT2D eigenvalue weighted by atomic mass is 79.9. The van der Waals surface area contributed by atoms with E-state index in [4.69, 9.17) is 0 Å². The van der Waals surface area contributed by atoms with Crippen molar-refractivity contribution < 1.29 is 13.6 Å². The molecule has 0 saturated carbocycles. The van der Waals surface area contributed by atoms with Crippen LogP contribution in [0.25, 0.3) is 17.0 Å². The highest BCUT2D eigenvalue weighted by Crippen LogP contribution is 2.32. The summed E-state index contributed by atoms with van der Waals surface area (Å²) < 4.78 is 29.0. The second kappa shape index (κ2) is 10.6. The summed E-state index contributed by atoms with van der Waals surface area (Å²) in [5.41, 5.74) is 4.69. The van der Waals surface area contributed by atoms with E-state index >= 15 is 0 Å². The summed E-state index contributed by atoms with van der Waals surface area (Å²) in [5, 5.41) is 13.2. The summed E-state index contributed by atoms with van der Waals surface area (Å²) >= 11 is 3.21. The predicted octanol–water partition coefficient (Wildman–Crippen LogP) is 5.78. The van der Waals surface area contributed by atoms with Crippen molar-refractivity contribution in [1.29, 1.82) is 5.26 Å². The molecule has 4 aromatic rings. The Bertz CT molecular complexity index is 1570. The van der Waals surface area contributed by atoms with E-state index in [0.29, 0.717) is 35.1 Å². The Hall–Kier alpha value is -3.87. The minimum Gasteiger partial charge on any atom is -0.333 e. The van der Waals surface area contributed by atoms with Crippen LogP contribution in [0.15, 0.2) is 65.3 Å². The number of amides is 1. The maximum Gasteiger partial charge on any atom is 0.326 e. The van der Waals surface area contributed by atoms with Crippen LogP contribution in [-0.4, -0.2) is 33.6 Å². The number of nitrogens with one attached hydrogen (secondary N) is 1. The van der Waals surface area contributed by atoms with Crippen molar-refractivity contribution >= 4 is 38.9 Å². The number of halogens is 3. The minimum absolute atomic E-state index is 0.166. The number of aromatic nitrogens is 2. The van der Waals surface area contributed by atoms with Gasteiger partial charge in [-0.05, 0) is 75.1 Å². The van der Waals surface area contributed by atoms with Gasteiger partial charge in [0, 0.05) is 49.9 Å². The third-order valence-corrected chi connectivity index (χ3v) is 7.02. The van der Waals surface area contributed by atoms with E-state index in [-0.39, 0.29) is 18.4 Å². The molecule has 186 valence electrons. The third kappa shape index (κ3) is 5.31. The zero-order chi connectivity index (χ0) is 25.9. The fourth-order valence-corrected chi connectivity index (χ4v) is 5.03. The number of fused-ring (bicyclic) bond motifs is 3. The molecule has 1 aliphatic rings. The molecule has 1 N–H and O–H groups in total. The van der Waals surface area contributed by atoms with Crippen molar-refractivity contribution in [3.05, 3.63) is 105 Å². The molecule has 0 unspecified atom stereocenters. The number of rotatable bonds is 5. The van der Waals surface area contributed by atoms with Crippen molar-refractivity contribution in [3.63, 3.8) is 0 Å². The molecular formula is C28H22BrF2N5O. The van der Waals surface area contributed by atoms with Crippen LogP contribution in [0.1, 0.15) is 27.9 Å². The Kier molecular flexibility index (Phi) is 7.12. The van der Waals surface area contributed by atoms with Gasteiger partial charge >= 0.3 is 6.03 Å². The number of benzene rings is 2. The predicted molar refractivity (Wildman–Crippen MR) is 141 cm³/mol. The van der Waals surface area contributed by atoms with Crippen LogP contribution in [0.5, 0.6) is 0 Å². The van der Waals surface area contributed by atoms with Crippen LogP contribution >= 0.6 is 15.9 Å². The maximum absolute atomic E-state index is 13.5. The molecule has 0 fully saturated rings. The zero-order valence-corrected chi connectivity index (χ0v) is 21.3. The number of nitriles is 1. The first-order chi connectivity index (χ1) is 17.9. The normalized spacial score (nSPS) is 13.6. The first-order valence-electron chi connectivity index (χ1n) is 11.7. The highest BCUT2D eigenvalue weighted by Gasteiger charge is 2.26. The quantitative estimate of drug-likeness (QED) is 0.313. The van der Waals surface area contributed by atoms with E-state index in [1.165, 1.54) is 18.3 Å². The molecular weight excluding hydrogens is 540 g/mol. The van der Waals surface area contributed by atoms with Gasteiger partial charge in [-0.1, -0.05) is 18.2 Å². The van der Waals surface area contributed by atoms with Gasteiger partial charge in [0.2, 0.25) is 5.95 Å². The molecule has 2 aromatic carbocycles. The SMILES string of the molecule is N#Cc1ccc2c(c1)c1c(n2C(=O)NCc2ccnc(F)c2)CCN(C/C=C/c2ccc(F)c(Br)c2)C1. The van der Waals surface area contributed by atoms with E-state index < -0.39 is 5.95 Å². The summed E-state index contributed by atoms with van der Waals surface area (Å²) in [4.78, 5) is 19.1. The van der Waals surface area contributed by atoms with Gasteiger partial charge in [0.15, 0.2) is 0 Å². The van der Waals surface area contributed by atoms with Gasteiger partial charge in [-0.3, -0.25) is 9.47 Å². The Morgan fingerprint density at radius 2 is 2.05 bits per heavy atom. The summed E-state index contributed by atoms with van der Waals surface area (Å²) in [6.45, 7) is 2.21. The summed E-state index contributed by atoms with van der Waals surface area (Å²) in [5.74, 6) is -0.897. The lowest BCUT2D eigenvalue weighted by Gasteiger charge is -2.27. The lowest BCUT2D eigenvalue weighted by molar-refractivity contribution is 0.240. The smallest absolute Gasteiger partial charge is 0.326 e. The third-order valence-electron chi connectivity index (χ3n) is 6.41. The van der Waals surface area contributed by atoms with Crippen LogP contribution in [0, 0.1) is 23.1 Å². The average molecular weight is 562 g/mol. The summed E-state index contributed by atoms with van der Waals surface area (Å²) in [7, 11) is 0. The molecule has 0 aliphatic carbocycles. The van der Waals surface area contributed by atoms with Crippen molar-refractivity contribution in [2.24, 2.45) is 0 Å². The van der Waals surface area contributed by atoms with Gasteiger partial charge in [0.05, 0.1) is 21.6 Å². The van der Waals surface area contributed by atoms with E-state index in [9.17, 15) is 18.8 Å². The van der Waals surface area contributed by atoms with Gasteiger partial charge in [-0.25, -0.2) is 14.2 Å². The van der Waals surface area contributed by atoms with Gasteiger partial charge in [-0.15, -0.1) is 0 Å². The topological polar surface area (TPSA) is 74.0 Å². The van der Waals surface area contributed by atoms with E-state index in [0.717, 1.165) is 34.3 Å². The Morgan fingerprint density at radius 1 is 1.19 bits per heavy atom. The number of pyridine rings is 1. The van der Waals surface area contributed by atoms with Crippen molar-refractivity contribution in [3.8, 4) is 6.07 Å². The summed E-state index contributed by atoms with van der Waals surface area (Å²) in [6, 6.07) is 15.0. The van der Waals surface area contributed by atoms with E-state index in [1.54, 1.807) is 34.9 Å². The number of hydrogen-bond donors (Lipinski definition) is 1. The molecule has 6 nitrogen and oxygen atoms in total. The first kappa shape index (κ1) is 24.8. The van der Waals surface area contributed by atoms with Crippen LogP contribution < -0.4 is 5.32 Å². The molecule has 0 saturated heterocycles. The molecule has 1 aliphatic heterocycles. The molecule has 5 rings (SSSR count). The van der Waals surface area contributed by atoms with Crippen molar-refractivity contribution in [2.75, 3.05) is 13.1 Å². The Balaban J connectivity index is 1.39. The minimum atomic E-state index is -0.597. The number of hydrogen-bond acceptors (Lipinski definition) is 4. The standard InChI is InChI=1S/C28H22BrF2N5O/c29-23-13-18(3-5-24(23)30)2-1-10-35-11-8-26-22(17-35)21-12-19(15-32)4-6-25(21)36(26)28(37)34-16-20-7-9-33-27(31)14-20/h1-7,9,12-14H,8,10-11,16-17H2,(H,34,37)/b2-1+. The molecule has 3 heterocycles. The molecule has 0 radical (unpaired) electrons. The lowest BCUT2D eigenvalue weighted by Crippen LogP contribution is -2.34. The molecule has 0 bridgehead atoms. The number of nitrogens with zero attached hydrogens (tertiary/aromatic N) is 4. The molecule has 1 amide bonds. The van der Waals surface area contributed by atoms with E-state index in [1.807, 2.05) is 18.2 Å². The maximum atomic E-state index is 13.5. The van der Waals surface area contributed by atoms with Crippen LogP contribution in [-0.2, 0) is 19.5 Å². The Labute approximate surface area is 221 Å². The molecule has 2 aromatic heterocycles. The number of carbonyl (C=O) groups excluding carboxylic acids is 1. The van der Waals surface area contributed by atoms with Crippen molar-refractivity contribution in [2.45, 2.75) is 19.5 Å². The van der Waals surface area contributed by atoms with Gasteiger partial charge < -0.3 is 5.32 Å². The van der Waals surface area contributed by atoms with Crippen LogP contribution in [0.2, 0.25) is 0 Å². The van der Waals surface area contributed by atoms with E-state index in [2.05, 4.69) is 37.2 Å². The van der Waals surface area contributed by atoms with Gasteiger partial charge in [0.25, 0.3) is 0 Å². The zero-order valence-electron chi connectivity index (χ0n) is 19.7. The van der Waals surface area contributed by atoms with Gasteiger partial charge in [0.1, 0.15) is 5.82 Å². The van der Waals surface area contributed by atoms with Gasteiger partial charge in [-0.2, -0.15) is 9.65 Å². The molecule has 0 spiro atoms. The number of carbonyl (C=O) groups is 1. The molecule has 37 heavy (non-hydrogen) atoms. The summed E-state index contributed by atoms with van der Waals surface area (Å²) in [6.07, 6.45) is 6.00. The fourth-order valence-electron chi connectivity index (χ4n) is 4.63. The second-order valence-corrected chi connectivity index (χ2v) is 9.67. The largest absolute Gasteiger partial charge is 0.333 e. The highest BCUT2D eigenvalue weighted by molar-refractivity contribution is 9.10. The second-order valence-electron chi connectivity index (χ2n) is 8.81. The fraction of sp³-hybridized carbons (Fsp3) is 0.179. The molecule has 9 heteroatoms.